The maximum atomic E-state index is 12.9. The van der Waals surface area contributed by atoms with Crippen LogP contribution in [0.2, 0.25) is 0 Å². The number of hydrogen-bond donors (Lipinski definition) is 1. The van der Waals surface area contributed by atoms with E-state index in [0.717, 1.165) is 0 Å². The Labute approximate surface area is 147 Å². The third-order valence-electron chi connectivity index (χ3n) is 4.30. The molecule has 1 aromatic carbocycles. The number of amides is 1. The van der Waals surface area contributed by atoms with Gasteiger partial charge in [-0.1, -0.05) is 0 Å². The van der Waals surface area contributed by atoms with Crippen molar-refractivity contribution in [3.05, 3.63) is 23.8 Å². The molecule has 138 valence electrons. The second-order valence-corrected chi connectivity index (χ2v) is 6.52. The van der Waals surface area contributed by atoms with E-state index in [1.807, 2.05) is 13.8 Å². The normalized spacial score (nSPS) is 20.0. The molecule has 1 fully saturated rings. The summed E-state index contributed by atoms with van der Waals surface area (Å²) >= 11 is 0. The van der Waals surface area contributed by atoms with Crippen LogP contribution in [0.15, 0.2) is 18.2 Å². The fraction of sp³-hybridized carbons (Fsp3) is 0.556. The molecule has 1 saturated heterocycles. The van der Waals surface area contributed by atoms with Gasteiger partial charge in [0.15, 0.2) is 0 Å². The summed E-state index contributed by atoms with van der Waals surface area (Å²) in [5.41, 5.74) is -0.663. The van der Waals surface area contributed by atoms with Crippen molar-refractivity contribution in [3.8, 4) is 11.5 Å². The molecular weight excluding hydrogens is 326 g/mol. The van der Waals surface area contributed by atoms with Gasteiger partial charge in [0.1, 0.15) is 16.9 Å². The van der Waals surface area contributed by atoms with Crippen LogP contribution < -0.4 is 9.47 Å². The molecule has 0 radical (unpaired) electrons. The van der Waals surface area contributed by atoms with E-state index in [9.17, 15) is 14.7 Å². The summed E-state index contributed by atoms with van der Waals surface area (Å²) in [5.74, 6) is -0.178. The van der Waals surface area contributed by atoms with Gasteiger partial charge >= 0.3 is 5.97 Å². The second-order valence-electron chi connectivity index (χ2n) is 6.52. The molecule has 1 heterocycles. The molecule has 1 N–H and O–H groups in total. The Kier molecular flexibility index (Phi) is 5.89. The van der Waals surface area contributed by atoms with Gasteiger partial charge in [0, 0.05) is 26.3 Å². The highest BCUT2D eigenvalue weighted by molar-refractivity contribution is 5.98. The number of hydrogen-bond acceptors (Lipinski definition) is 5. The molecule has 0 aromatic heterocycles. The lowest BCUT2D eigenvalue weighted by Crippen LogP contribution is -2.40. The SMILES string of the molecule is COCC1(C(=O)O)CCN(C(=O)c2ccc(OC)cc2OC(C)C)C1. The van der Waals surface area contributed by atoms with Crippen LogP contribution >= 0.6 is 0 Å². The van der Waals surface area contributed by atoms with Gasteiger partial charge in [0.05, 0.1) is 25.4 Å². The topological polar surface area (TPSA) is 85.3 Å². The Balaban J connectivity index is 2.27. The number of carboxylic acids is 1. The average molecular weight is 351 g/mol. The smallest absolute Gasteiger partial charge is 0.313 e. The highest BCUT2D eigenvalue weighted by Gasteiger charge is 2.46. The minimum atomic E-state index is -1.06. The molecule has 1 aliphatic rings. The molecule has 7 heteroatoms. The summed E-state index contributed by atoms with van der Waals surface area (Å²) in [4.78, 5) is 26.1. The fourth-order valence-electron chi connectivity index (χ4n) is 3.00. The van der Waals surface area contributed by atoms with Crippen molar-refractivity contribution in [2.24, 2.45) is 5.41 Å². The van der Waals surface area contributed by atoms with E-state index in [1.54, 1.807) is 30.2 Å². The zero-order valence-corrected chi connectivity index (χ0v) is 15.1. The first-order valence-corrected chi connectivity index (χ1v) is 8.19. The van der Waals surface area contributed by atoms with Crippen LogP contribution in [0.1, 0.15) is 30.6 Å². The molecule has 0 bridgehead atoms. The van der Waals surface area contributed by atoms with E-state index in [4.69, 9.17) is 14.2 Å². The van der Waals surface area contributed by atoms with Gasteiger partial charge in [-0.15, -0.1) is 0 Å². The molecule has 1 amide bonds. The van der Waals surface area contributed by atoms with Crippen molar-refractivity contribution in [1.82, 2.24) is 4.90 Å². The average Bonchev–Trinajstić information content (AvgIpc) is 2.99. The first kappa shape index (κ1) is 19.1. The van der Waals surface area contributed by atoms with Gasteiger partial charge in [-0.3, -0.25) is 9.59 Å². The first-order chi connectivity index (χ1) is 11.8. The number of benzene rings is 1. The van der Waals surface area contributed by atoms with Crippen molar-refractivity contribution < 1.29 is 28.9 Å². The van der Waals surface area contributed by atoms with Crippen molar-refractivity contribution in [2.45, 2.75) is 26.4 Å². The Morgan fingerprint density at radius 3 is 2.60 bits per heavy atom. The Morgan fingerprint density at radius 1 is 1.32 bits per heavy atom. The third kappa shape index (κ3) is 4.04. The molecule has 1 aromatic rings. The summed E-state index contributed by atoms with van der Waals surface area (Å²) < 4.78 is 16.0. The lowest BCUT2D eigenvalue weighted by Gasteiger charge is -2.24. The molecule has 1 unspecified atom stereocenters. The van der Waals surface area contributed by atoms with E-state index in [2.05, 4.69) is 0 Å². The van der Waals surface area contributed by atoms with Crippen LogP contribution in [-0.2, 0) is 9.53 Å². The lowest BCUT2D eigenvalue weighted by molar-refractivity contribution is -0.151. The van der Waals surface area contributed by atoms with E-state index in [-0.39, 0.29) is 25.2 Å². The minimum Gasteiger partial charge on any atom is -0.497 e. The van der Waals surface area contributed by atoms with Crippen molar-refractivity contribution in [2.75, 3.05) is 33.9 Å². The highest BCUT2D eigenvalue weighted by Crippen LogP contribution is 2.34. The van der Waals surface area contributed by atoms with Gasteiger partial charge in [-0.25, -0.2) is 0 Å². The van der Waals surface area contributed by atoms with Crippen LogP contribution in [0.25, 0.3) is 0 Å². The number of likely N-dealkylation sites (tertiary alicyclic amines) is 1. The van der Waals surface area contributed by atoms with E-state index in [0.29, 0.717) is 30.0 Å². The standard InChI is InChI=1S/C18H25NO6/c1-12(2)25-15-9-13(24-4)5-6-14(15)16(20)19-8-7-18(10-19,11-23-3)17(21)22/h5-6,9,12H,7-8,10-11H2,1-4H3,(H,21,22). The van der Waals surface area contributed by atoms with Crippen molar-refractivity contribution >= 4 is 11.9 Å². The summed E-state index contributed by atoms with van der Waals surface area (Å²) in [6.45, 7) is 4.29. The van der Waals surface area contributed by atoms with Gasteiger partial charge < -0.3 is 24.2 Å². The zero-order chi connectivity index (χ0) is 18.6. The highest BCUT2D eigenvalue weighted by atomic mass is 16.5. The number of ether oxygens (including phenoxy) is 3. The summed E-state index contributed by atoms with van der Waals surface area (Å²) in [7, 11) is 3.01. The maximum absolute atomic E-state index is 12.9. The van der Waals surface area contributed by atoms with Gasteiger partial charge in [-0.05, 0) is 32.4 Å². The molecular formula is C18H25NO6. The molecule has 0 saturated carbocycles. The first-order valence-electron chi connectivity index (χ1n) is 8.19. The zero-order valence-electron chi connectivity index (χ0n) is 15.1. The molecule has 7 nitrogen and oxygen atoms in total. The quantitative estimate of drug-likeness (QED) is 0.809. The Bertz CT molecular complexity index is 644. The van der Waals surface area contributed by atoms with Crippen LogP contribution in [-0.4, -0.2) is 61.9 Å². The van der Waals surface area contributed by atoms with Crippen LogP contribution in [0.3, 0.4) is 0 Å². The van der Waals surface area contributed by atoms with Crippen molar-refractivity contribution in [3.63, 3.8) is 0 Å². The Hall–Kier alpha value is -2.28. The summed E-state index contributed by atoms with van der Waals surface area (Å²) in [6, 6.07) is 5.01. The number of rotatable bonds is 7. The molecule has 0 spiro atoms. The van der Waals surface area contributed by atoms with Crippen LogP contribution in [0.4, 0.5) is 0 Å². The predicted molar refractivity (Wildman–Crippen MR) is 91.2 cm³/mol. The number of carbonyl (C=O) groups excluding carboxylic acids is 1. The van der Waals surface area contributed by atoms with Gasteiger partial charge in [0.2, 0.25) is 0 Å². The predicted octanol–water partition coefficient (Wildman–Crippen LogP) is 2.05. The number of nitrogens with zero attached hydrogens (tertiary/aromatic N) is 1. The largest absolute Gasteiger partial charge is 0.497 e. The third-order valence-corrected chi connectivity index (χ3v) is 4.30. The fourth-order valence-corrected chi connectivity index (χ4v) is 3.00. The molecule has 25 heavy (non-hydrogen) atoms. The summed E-state index contributed by atoms with van der Waals surface area (Å²) in [6.07, 6.45) is 0.252. The number of carboxylic acid groups (broad SMARTS) is 1. The number of aliphatic carboxylic acids is 1. The Morgan fingerprint density at radius 2 is 2.04 bits per heavy atom. The maximum Gasteiger partial charge on any atom is 0.313 e. The molecule has 1 aliphatic heterocycles. The lowest BCUT2D eigenvalue weighted by atomic mass is 9.88. The van der Waals surface area contributed by atoms with E-state index >= 15 is 0 Å². The van der Waals surface area contributed by atoms with Crippen LogP contribution in [0, 0.1) is 5.41 Å². The minimum absolute atomic E-state index is 0.0735. The van der Waals surface area contributed by atoms with Crippen molar-refractivity contribution in [1.29, 1.82) is 0 Å². The van der Waals surface area contributed by atoms with E-state index in [1.165, 1.54) is 7.11 Å². The molecule has 1 atom stereocenters. The van der Waals surface area contributed by atoms with Gasteiger partial charge in [-0.2, -0.15) is 0 Å². The number of methoxy groups -OCH3 is 2. The van der Waals surface area contributed by atoms with Crippen LogP contribution in [0.5, 0.6) is 11.5 Å². The number of carbonyl (C=O) groups is 2. The second kappa shape index (κ2) is 7.74. The summed E-state index contributed by atoms with van der Waals surface area (Å²) in [5, 5.41) is 9.55. The van der Waals surface area contributed by atoms with Gasteiger partial charge in [0.25, 0.3) is 5.91 Å². The monoisotopic (exact) mass is 351 g/mol. The van der Waals surface area contributed by atoms with E-state index < -0.39 is 11.4 Å². The molecule has 0 aliphatic carbocycles. The molecule has 2 rings (SSSR count).